The number of anilines is 1. The van der Waals surface area contributed by atoms with Gasteiger partial charge in [0.05, 0.1) is 0 Å². The quantitative estimate of drug-likeness (QED) is 0.726. The molecule has 1 aromatic carbocycles. The Hall–Kier alpha value is -1.50. The van der Waals surface area contributed by atoms with Gasteiger partial charge in [-0.15, -0.1) is 0 Å². The highest BCUT2D eigenvalue weighted by Gasteiger charge is 2.07. The normalized spacial score (nSPS) is 11.1. The zero-order chi connectivity index (χ0) is 12.7. The first-order chi connectivity index (χ1) is 8.26. The Labute approximate surface area is 105 Å². The SMILES string of the molecule is C=Cc1cccc(NC(CC)CC)c1/C=C\C. The summed E-state index contributed by atoms with van der Waals surface area (Å²) in [5.74, 6) is 0. The van der Waals surface area contributed by atoms with Crippen molar-refractivity contribution in [1.29, 1.82) is 0 Å². The van der Waals surface area contributed by atoms with Crippen molar-refractivity contribution in [1.82, 2.24) is 0 Å². The molecule has 1 heteroatoms. The van der Waals surface area contributed by atoms with Gasteiger partial charge in [0.1, 0.15) is 0 Å². The minimum atomic E-state index is 0.541. The van der Waals surface area contributed by atoms with E-state index in [1.807, 2.05) is 13.0 Å². The van der Waals surface area contributed by atoms with Gasteiger partial charge < -0.3 is 5.32 Å². The summed E-state index contributed by atoms with van der Waals surface area (Å²) in [6, 6.07) is 6.86. The molecule has 0 heterocycles. The van der Waals surface area contributed by atoms with Gasteiger partial charge in [0.2, 0.25) is 0 Å². The van der Waals surface area contributed by atoms with Gasteiger partial charge in [-0.1, -0.05) is 50.8 Å². The fourth-order valence-corrected chi connectivity index (χ4v) is 1.95. The molecule has 0 saturated carbocycles. The van der Waals surface area contributed by atoms with Crippen molar-refractivity contribution in [3.05, 3.63) is 42.0 Å². The lowest BCUT2D eigenvalue weighted by Gasteiger charge is -2.19. The van der Waals surface area contributed by atoms with E-state index in [-0.39, 0.29) is 0 Å². The molecule has 1 aromatic rings. The van der Waals surface area contributed by atoms with E-state index >= 15 is 0 Å². The zero-order valence-corrected chi connectivity index (χ0v) is 11.2. The van der Waals surface area contributed by atoms with Gasteiger partial charge in [0, 0.05) is 17.3 Å². The summed E-state index contributed by atoms with van der Waals surface area (Å²) in [7, 11) is 0. The summed E-state index contributed by atoms with van der Waals surface area (Å²) in [5, 5.41) is 3.61. The maximum absolute atomic E-state index is 3.87. The summed E-state index contributed by atoms with van der Waals surface area (Å²) >= 11 is 0. The third-order valence-corrected chi connectivity index (χ3v) is 3.04. The number of hydrogen-bond donors (Lipinski definition) is 1. The lowest BCUT2D eigenvalue weighted by molar-refractivity contribution is 0.671. The standard InChI is InChI=1S/C16H23N/c1-5-10-15-13(6-2)11-9-12-16(15)17-14(7-3)8-4/h5-6,9-12,14,17H,2,7-8H2,1,3-4H3/b10-5-. The fourth-order valence-electron chi connectivity index (χ4n) is 1.95. The molecule has 0 amide bonds. The van der Waals surface area contributed by atoms with Crippen molar-refractivity contribution in [3.8, 4) is 0 Å². The Morgan fingerprint density at radius 3 is 2.53 bits per heavy atom. The van der Waals surface area contributed by atoms with E-state index in [0.717, 1.165) is 12.8 Å². The minimum Gasteiger partial charge on any atom is -0.382 e. The molecule has 0 atom stereocenters. The van der Waals surface area contributed by atoms with Crippen molar-refractivity contribution in [3.63, 3.8) is 0 Å². The number of rotatable bonds is 6. The molecule has 0 saturated heterocycles. The third-order valence-electron chi connectivity index (χ3n) is 3.04. The van der Waals surface area contributed by atoms with Crippen LogP contribution in [0, 0.1) is 0 Å². The predicted octanol–water partition coefficient (Wildman–Crippen LogP) is 4.96. The van der Waals surface area contributed by atoms with E-state index in [0.29, 0.717) is 6.04 Å². The molecule has 17 heavy (non-hydrogen) atoms. The van der Waals surface area contributed by atoms with E-state index in [9.17, 15) is 0 Å². The van der Waals surface area contributed by atoms with Crippen LogP contribution in [0.25, 0.3) is 12.2 Å². The second kappa shape index (κ2) is 6.95. The van der Waals surface area contributed by atoms with E-state index in [4.69, 9.17) is 0 Å². The molecule has 0 radical (unpaired) electrons. The van der Waals surface area contributed by atoms with Crippen LogP contribution in [-0.2, 0) is 0 Å². The van der Waals surface area contributed by atoms with Crippen LogP contribution >= 0.6 is 0 Å². The first-order valence-electron chi connectivity index (χ1n) is 6.41. The Kier molecular flexibility index (Phi) is 5.55. The third kappa shape index (κ3) is 3.48. The average Bonchev–Trinajstić information content (AvgIpc) is 2.37. The van der Waals surface area contributed by atoms with Gasteiger partial charge in [0.25, 0.3) is 0 Å². The highest BCUT2D eigenvalue weighted by atomic mass is 14.9. The molecule has 1 rings (SSSR count). The largest absolute Gasteiger partial charge is 0.382 e. The molecule has 1 nitrogen and oxygen atoms in total. The molecule has 0 aliphatic rings. The van der Waals surface area contributed by atoms with Crippen LogP contribution < -0.4 is 5.32 Å². The number of benzene rings is 1. The number of hydrogen-bond acceptors (Lipinski definition) is 1. The summed E-state index contributed by atoms with van der Waals surface area (Å²) in [6.45, 7) is 10.3. The van der Waals surface area contributed by atoms with Crippen molar-refractivity contribution in [2.45, 2.75) is 39.7 Å². The van der Waals surface area contributed by atoms with E-state index in [2.05, 4.69) is 56.1 Å². The van der Waals surface area contributed by atoms with Crippen molar-refractivity contribution in [2.75, 3.05) is 5.32 Å². The molecule has 0 unspecified atom stereocenters. The second-order valence-corrected chi connectivity index (χ2v) is 4.17. The average molecular weight is 229 g/mol. The molecular weight excluding hydrogens is 206 g/mol. The van der Waals surface area contributed by atoms with E-state index in [1.165, 1.54) is 16.8 Å². The molecule has 92 valence electrons. The summed E-state index contributed by atoms with van der Waals surface area (Å²) in [4.78, 5) is 0. The Morgan fingerprint density at radius 1 is 1.29 bits per heavy atom. The van der Waals surface area contributed by atoms with Crippen LogP contribution in [0.3, 0.4) is 0 Å². The highest BCUT2D eigenvalue weighted by Crippen LogP contribution is 2.24. The maximum Gasteiger partial charge on any atom is 0.0421 e. The van der Waals surface area contributed by atoms with Gasteiger partial charge in [-0.3, -0.25) is 0 Å². The summed E-state index contributed by atoms with van der Waals surface area (Å²) in [6.07, 6.45) is 8.41. The topological polar surface area (TPSA) is 12.0 Å². The van der Waals surface area contributed by atoms with E-state index < -0.39 is 0 Å². The van der Waals surface area contributed by atoms with Gasteiger partial charge in [0.15, 0.2) is 0 Å². The van der Waals surface area contributed by atoms with Crippen LogP contribution in [0.2, 0.25) is 0 Å². The number of nitrogens with one attached hydrogen (secondary N) is 1. The predicted molar refractivity (Wildman–Crippen MR) is 79.2 cm³/mol. The molecule has 0 spiro atoms. The van der Waals surface area contributed by atoms with Crippen molar-refractivity contribution < 1.29 is 0 Å². The Morgan fingerprint density at radius 2 is 2.00 bits per heavy atom. The molecule has 1 N–H and O–H groups in total. The summed E-state index contributed by atoms with van der Waals surface area (Å²) in [5.41, 5.74) is 3.62. The Balaban J connectivity index is 3.09. The van der Waals surface area contributed by atoms with E-state index in [1.54, 1.807) is 0 Å². The first kappa shape index (κ1) is 13.6. The lowest BCUT2D eigenvalue weighted by Crippen LogP contribution is -2.17. The molecule has 0 aliphatic carbocycles. The monoisotopic (exact) mass is 229 g/mol. The molecule has 0 fully saturated rings. The number of allylic oxidation sites excluding steroid dienone is 1. The zero-order valence-electron chi connectivity index (χ0n) is 11.2. The maximum atomic E-state index is 3.87. The fraction of sp³-hybridized carbons (Fsp3) is 0.375. The van der Waals surface area contributed by atoms with Crippen LogP contribution in [0.15, 0.2) is 30.9 Å². The van der Waals surface area contributed by atoms with Crippen LogP contribution in [-0.4, -0.2) is 6.04 Å². The van der Waals surface area contributed by atoms with Crippen molar-refractivity contribution >= 4 is 17.8 Å². The lowest BCUT2D eigenvalue weighted by atomic mass is 10.0. The van der Waals surface area contributed by atoms with Crippen LogP contribution in [0.1, 0.15) is 44.7 Å². The van der Waals surface area contributed by atoms with Crippen molar-refractivity contribution in [2.24, 2.45) is 0 Å². The minimum absolute atomic E-state index is 0.541. The molecule has 0 aliphatic heterocycles. The van der Waals surface area contributed by atoms with Crippen LogP contribution in [0.5, 0.6) is 0 Å². The van der Waals surface area contributed by atoms with Gasteiger partial charge >= 0.3 is 0 Å². The van der Waals surface area contributed by atoms with Gasteiger partial charge in [-0.2, -0.15) is 0 Å². The molecule has 0 bridgehead atoms. The summed E-state index contributed by atoms with van der Waals surface area (Å²) < 4.78 is 0. The van der Waals surface area contributed by atoms with Gasteiger partial charge in [-0.05, 0) is 31.4 Å². The highest BCUT2D eigenvalue weighted by molar-refractivity contribution is 5.75. The van der Waals surface area contributed by atoms with Crippen LogP contribution in [0.4, 0.5) is 5.69 Å². The molecule has 0 aromatic heterocycles. The Bertz CT molecular complexity index is 387. The molecular formula is C16H23N. The smallest absolute Gasteiger partial charge is 0.0421 e. The first-order valence-corrected chi connectivity index (χ1v) is 6.41. The van der Waals surface area contributed by atoms with Gasteiger partial charge in [-0.25, -0.2) is 0 Å². The second-order valence-electron chi connectivity index (χ2n) is 4.17.